The zero-order valence-corrected chi connectivity index (χ0v) is 15.8. The zero-order chi connectivity index (χ0) is 19.3. The van der Waals surface area contributed by atoms with Gasteiger partial charge in [0.05, 0.1) is 17.0 Å². The zero-order valence-electron chi connectivity index (χ0n) is 15.8. The number of piperidine rings is 1. The van der Waals surface area contributed by atoms with Crippen molar-refractivity contribution in [2.75, 3.05) is 20.1 Å². The summed E-state index contributed by atoms with van der Waals surface area (Å²) in [4.78, 5) is 29.5. The molecular weight excluding hydrogens is 352 g/mol. The Morgan fingerprint density at radius 2 is 1.75 bits per heavy atom. The van der Waals surface area contributed by atoms with Crippen LogP contribution in [0.2, 0.25) is 0 Å². The lowest BCUT2D eigenvalue weighted by atomic mass is 9.62. The van der Waals surface area contributed by atoms with Gasteiger partial charge in [-0.1, -0.05) is 48.5 Å². The molecule has 0 radical (unpaired) electrons. The van der Waals surface area contributed by atoms with Gasteiger partial charge in [-0.2, -0.15) is 5.10 Å². The second-order valence-electron chi connectivity index (χ2n) is 7.80. The van der Waals surface area contributed by atoms with Gasteiger partial charge in [0, 0.05) is 25.5 Å². The Hall–Kier alpha value is -3.15. The van der Waals surface area contributed by atoms with Crippen LogP contribution in [0.4, 0.5) is 0 Å². The Morgan fingerprint density at radius 1 is 1.07 bits per heavy atom. The molecule has 2 aliphatic heterocycles. The molecule has 28 heavy (non-hydrogen) atoms. The largest absolute Gasteiger partial charge is 0.337 e. The minimum Gasteiger partial charge on any atom is -0.337 e. The fraction of sp³-hybridized carbons (Fsp3) is 0.318. The van der Waals surface area contributed by atoms with Crippen molar-refractivity contribution in [1.29, 1.82) is 0 Å². The number of carbonyl (C=O) groups is 2. The van der Waals surface area contributed by atoms with Gasteiger partial charge in [0.15, 0.2) is 5.69 Å². The lowest BCUT2D eigenvalue weighted by molar-refractivity contribution is -0.176. The van der Waals surface area contributed by atoms with Gasteiger partial charge in [-0.3, -0.25) is 14.7 Å². The molecule has 0 saturated carbocycles. The molecule has 2 fully saturated rings. The molecule has 2 aromatic carbocycles. The molecule has 3 heterocycles. The van der Waals surface area contributed by atoms with Crippen molar-refractivity contribution >= 4 is 22.7 Å². The third-order valence-electron chi connectivity index (χ3n) is 6.39. The van der Waals surface area contributed by atoms with Gasteiger partial charge in [0.25, 0.3) is 5.91 Å². The van der Waals surface area contributed by atoms with Crippen molar-refractivity contribution in [3.63, 3.8) is 0 Å². The van der Waals surface area contributed by atoms with Crippen molar-refractivity contribution < 1.29 is 9.59 Å². The Labute approximate surface area is 163 Å². The topological polar surface area (TPSA) is 69.3 Å². The number of nitrogens with zero attached hydrogens (tertiary/aromatic N) is 3. The molecular formula is C22H22N4O2. The highest BCUT2D eigenvalue weighted by Gasteiger charge is 2.60. The minimum absolute atomic E-state index is 0.0660. The number of H-pyrrole nitrogens is 1. The van der Waals surface area contributed by atoms with E-state index in [0.29, 0.717) is 31.6 Å². The van der Waals surface area contributed by atoms with Crippen LogP contribution in [-0.4, -0.2) is 51.9 Å². The fourth-order valence-electron chi connectivity index (χ4n) is 4.94. The van der Waals surface area contributed by atoms with E-state index in [1.54, 1.807) is 0 Å². The maximum atomic E-state index is 13.0. The molecule has 3 aromatic rings. The molecule has 5 rings (SSSR count). The van der Waals surface area contributed by atoms with E-state index < -0.39 is 0 Å². The first-order valence-corrected chi connectivity index (χ1v) is 9.66. The second-order valence-corrected chi connectivity index (χ2v) is 7.80. The number of hydrogen-bond acceptors (Lipinski definition) is 3. The quantitative estimate of drug-likeness (QED) is 0.701. The average molecular weight is 374 g/mol. The van der Waals surface area contributed by atoms with Crippen molar-refractivity contribution in [3.8, 4) is 0 Å². The molecule has 1 spiro atoms. The Kier molecular flexibility index (Phi) is 3.75. The molecule has 2 saturated heterocycles. The number of rotatable bonds is 2. The summed E-state index contributed by atoms with van der Waals surface area (Å²) in [6.45, 7) is 1.14. The van der Waals surface area contributed by atoms with E-state index in [4.69, 9.17) is 0 Å². The molecule has 2 aliphatic rings. The molecule has 1 unspecified atom stereocenters. The molecule has 0 bridgehead atoms. The van der Waals surface area contributed by atoms with Gasteiger partial charge in [-0.25, -0.2) is 0 Å². The predicted octanol–water partition coefficient (Wildman–Crippen LogP) is 3.00. The van der Waals surface area contributed by atoms with Crippen molar-refractivity contribution in [2.24, 2.45) is 5.41 Å². The molecule has 2 amide bonds. The monoisotopic (exact) mass is 374 g/mol. The maximum absolute atomic E-state index is 13.0. The Bertz CT molecular complexity index is 1050. The van der Waals surface area contributed by atoms with Crippen molar-refractivity contribution in [2.45, 2.75) is 18.9 Å². The summed E-state index contributed by atoms with van der Waals surface area (Å²) in [6, 6.07) is 17.9. The van der Waals surface area contributed by atoms with Crippen LogP contribution in [0.3, 0.4) is 0 Å². The fourth-order valence-corrected chi connectivity index (χ4v) is 4.94. The van der Waals surface area contributed by atoms with Crippen LogP contribution in [0.5, 0.6) is 0 Å². The average Bonchev–Trinajstić information content (AvgIpc) is 3.18. The van der Waals surface area contributed by atoms with Crippen LogP contribution >= 0.6 is 0 Å². The van der Waals surface area contributed by atoms with E-state index in [9.17, 15) is 9.59 Å². The minimum atomic E-state index is -0.388. The van der Waals surface area contributed by atoms with Gasteiger partial charge in [0.1, 0.15) is 0 Å². The first-order valence-electron chi connectivity index (χ1n) is 9.66. The normalized spacial score (nSPS) is 21.2. The Morgan fingerprint density at radius 3 is 2.50 bits per heavy atom. The van der Waals surface area contributed by atoms with Crippen molar-refractivity contribution in [1.82, 2.24) is 20.0 Å². The van der Waals surface area contributed by atoms with E-state index >= 15 is 0 Å². The number of amides is 2. The smallest absolute Gasteiger partial charge is 0.274 e. The summed E-state index contributed by atoms with van der Waals surface area (Å²) in [6.07, 6.45) is 1.37. The molecule has 1 aromatic heterocycles. The lowest BCUT2D eigenvalue weighted by Crippen LogP contribution is -2.65. The molecule has 6 nitrogen and oxygen atoms in total. The van der Waals surface area contributed by atoms with E-state index in [1.807, 2.05) is 59.3 Å². The van der Waals surface area contributed by atoms with Crippen LogP contribution in [0, 0.1) is 5.41 Å². The number of nitrogens with one attached hydrogen (secondary N) is 1. The van der Waals surface area contributed by atoms with Crippen LogP contribution in [-0.2, 0) is 4.79 Å². The third kappa shape index (κ3) is 2.30. The molecule has 1 N–H and O–H groups in total. The summed E-state index contributed by atoms with van der Waals surface area (Å²) in [5.41, 5.74) is 2.10. The summed E-state index contributed by atoms with van der Waals surface area (Å²) in [5.74, 6) is 0.127. The number of aromatic amines is 1. The van der Waals surface area contributed by atoms with Gasteiger partial charge >= 0.3 is 0 Å². The SMILES string of the molecule is CN1C(=O)C2(CCN(C(=O)c3n[nH]c4ccccc34)CC2)C1c1ccccc1. The summed E-state index contributed by atoms with van der Waals surface area (Å²) >= 11 is 0. The van der Waals surface area contributed by atoms with Gasteiger partial charge < -0.3 is 9.80 Å². The first kappa shape index (κ1) is 17.0. The van der Waals surface area contributed by atoms with Gasteiger partial charge in [-0.05, 0) is 24.5 Å². The Balaban J connectivity index is 1.37. The van der Waals surface area contributed by atoms with E-state index in [-0.39, 0.29) is 23.3 Å². The van der Waals surface area contributed by atoms with Gasteiger partial charge in [-0.15, -0.1) is 0 Å². The number of likely N-dealkylation sites (tertiary alicyclic amines) is 2. The van der Waals surface area contributed by atoms with Crippen LogP contribution in [0.1, 0.15) is 34.9 Å². The van der Waals surface area contributed by atoms with Crippen LogP contribution < -0.4 is 0 Å². The summed E-state index contributed by atoms with van der Waals surface area (Å²) in [5, 5.41) is 8.01. The first-order chi connectivity index (χ1) is 13.6. The summed E-state index contributed by atoms with van der Waals surface area (Å²) in [7, 11) is 1.87. The maximum Gasteiger partial charge on any atom is 0.274 e. The number of β-lactam (4-membered cyclic amide) rings is 1. The number of fused-ring (bicyclic) bond motifs is 1. The number of carbonyl (C=O) groups excluding carboxylic acids is 2. The van der Waals surface area contributed by atoms with Crippen LogP contribution in [0.25, 0.3) is 10.9 Å². The molecule has 1 atom stereocenters. The number of para-hydroxylation sites is 1. The number of benzene rings is 2. The molecule has 142 valence electrons. The predicted molar refractivity (Wildman–Crippen MR) is 106 cm³/mol. The highest BCUT2D eigenvalue weighted by Crippen LogP contribution is 2.55. The standard InChI is InChI=1S/C22H22N4O2/c1-25-19(15-7-3-2-4-8-15)22(21(25)28)11-13-26(14-12-22)20(27)18-16-9-5-6-10-17(16)23-24-18/h2-10,19H,11-14H2,1H3,(H,23,24). The van der Waals surface area contributed by atoms with E-state index in [1.165, 1.54) is 5.56 Å². The molecule has 6 heteroatoms. The van der Waals surface area contributed by atoms with E-state index in [0.717, 1.165) is 10.9 Å². The number of aromatic nitrogens is 2. The number of hydrogen-bond donors (Lipinski definition) is 1. The second kappa shape index (κ2) is 6.19. The third-order valence-corrected chi connectivity index (χ3v) is 6.39. The lowest BCUT2D eigenvalue weighted by Gasteiger charge is -2.57. The van der Waals surface area contributed by atoms with Crippen LogP contribution in [0.15, 0.2) is 54.6 Å². The highest BCUT2D eigenvalue weighted by molar-refractivity contribution is 6.04. The molecule has 0 aliphatic carbocycles. The van der Waals surface area contributed by atoms with E-state index in [2.05, 4.69) is 22.3 Å². The summed E-state index contributed by atoms with van der Waals surface area (Å²) < 4.78 is 0. The highest BCUT2D eigenvalue weighted by atomic mass is 16.2. The van der Waals surface area contributed by atoms with Crippen molar-refractivity contribution in [3.05, 3.63) is 65.9 Å². The van der Waals surface area contributed by atoms with Gasteiger partial charge in [0.2, 0.25) is 5.91 Å².